The molecule has 1 nitrogen and oxygen atoms in total. The molecular formula is C17H16O. The zero-order valence-corrected chi connectivity index (χ0v) is 10.5. The first-order valence-corrected chi connectivity index (χ1v) is 6.10. The maximum absolute atomic E-state index is 12.1. The van der Waals surface area contributed by atoms with Crippen LogP contribution in [0.5, 0.6) is 0 Å². The molecule has 0 heterocycles. The van der Waals surface area contributed by atoms with E-state index in [1.807, 2.05) is 73.7 Å². The molecule has 0 unspecified atom stereocenters. The Bertz CT molecular complexity index is 553. The quantitative estimate of drug-likeness (QED) is 0.729. The highest BCUT2D eigenvalue weighted by atomic mass is 16.1. The van der Waals surface area contributed by atoms with Crippen LogP contribution < -0.4 is 0 Å². The fourth-order valence-electron chi connectivity index (χ4n) is 1.94. The SMILES string of the molecule is C/C=C/c1ccccc1CC(=O)c1ccccc1. The molecule has 0 radical (unpaired) electrons. The van der Waals surface area contributed by atoms with Crippen molar-refractivity contribution in [2.75, 3.05) is 0 Å². The van der Waals surface area contributed by atoms with Gasteiger partial charge in [0.25, 0.3) is 0 Å². The van der Waals surface area contributed by atoms with Gasteiger partial charge in [0.05, 0.1) is 0 Å². The molecule has 0 atom stereocenters. The van der Waals surface area contributed by atoms with Gasteiger partial charge in [-0.05, 0) is 18.1 Å². The molecule has 2 rings (SSSR count). The van der Waals surface area contributed by atoms with E-state index in [9.17, 15) is 4.79 Å². The van der Waals surface area contributed by atoms with Gasteiger partial charge in [-0.3, -0.25) is 4.79 Å². The van der Waals surface area contributed by atoms with E-state index in [0.717, 1.165) is 16.7 Å². The average Bonchev–Trinajstić information content (AvgIpc) is 2.42. The molecule has 90 valence electrons. The first-order valence-electron chi connectivity index (χ1n) is 6.10. The van der Waals surface area contributed by atoms with Crippen molar-refractivity contribution in [1.29, 1.82) is 0 Å². The lowest BCUT2D eigenvalue weighted by Gasteiger charge is -2.05. The Kier molecular flexibility index (Phi) is 4.08. The highest BCUT2D eigenvalue weighted by Crippen LogP contribution is 2.14. The van der Waals surface area contributed by atoms with E-state index in [-0.39, 0.29) is 5.78 Å². The van der Waals surface area contributed by atoms with Gasteiger partial charge < -0.3 is 0 Å². The van der Waals surface area contributed by atoms with E-state index in [2.05, 4.69) is 0 Å². The standard InChI is InChI=1S/C17H16O/c1-2-8-14-9-6-7-12-16(14)13-17(18)15-10-4-3-5-11-15/h2-12H,13H2,1H3/b8-2+. The largest absolute Gasteiger partial charge is 0.294 e. The first-order chi connectivity index (χ1) is 8.81. The van der Waals surface area contributed by atoms with Gasteiger partial charge in [0, 0.05) is 12.0 Å². The lowest BCUT2D eigenvalue weighted by atomic mass is 9.98. The Balaban J connectivity index is 2.22. The van der Waals surface area contributed by atoms with Crippen molar-refractivity contribution < 1.29 is 4.79 Å². The van der Waals surface area contributed by atoms with Gasteiger partial charge in [0.2, 0.25) is 0 Å². The van der Waals surface area contributed by atoms with Gasteiger partial charge in [-0.15, -0.1) is 0 Å². The van der Waals surface area contributed by atoms with Gasteiger partial charge in [-0.2, -0.15) is 0 Å². The van der Waals surface area contributed by atoms with Crippen molar-refractivity contribution in [3.63, 3.8) is 0 Å². The maximum atomic E-state index is 12.1. The number of ketones is 1. The summed E-state index contributed by atoms with van der Waals surface area (Å²) >= 11 is 0. The normalized spacial score (nSPS) is 10.7. The third kappa shape index (κ3) is 2.95. The minimum atomic E-state index is 0.160. The summed E-state index contributed by atoms with van der Waals surface area (Å²) < 4.78 is 0. The molecule has 1 heteroatoms. The van der Waals surface area contributed by atoms with Crippen molar-refractivity contribution in [3.05, 3.63) is 77.4 Å². The van der Waals surface area contributed by atoms with Crippen molar-refractivity contribution in [2.24, 2.45) is 0 Å². The highest BCUT2D eigenvalue weighted by molar-refractivity contribution is 5.97. The van der Waals surface area contributed by atoms with E-state index in [4.69, 9.17) is 0 Å². The summed E-state index contributed by atoms with van der Waals surface area (Å²) in [5.41, 5.74) is 2.96. The molecule has 0 aliphatic rings. The number of rotatable bonds is 4. The van der Waals surface area contributed by atoms with Crippen LogP contribution in [0.3, 0.4) is 0 Å². The Labute approximate surface area is 108 Å². The second-order valence-corrected chi connectivity index (χ2v) is 4.16. The van der Waals surface area contributed by atoms with Crippen molar-refractivity contribution >= 4 is 11.9 Å². The predicted octanol–water partition coefficient (Wildman–Crippen LogP) is 4.15. The topological polar surface area (TPSA) is 17.1 Å². The molecule has 0 spiro atoms. The lowest BCUT2D eigenvalue weighted by Crippen LogP contribution is -2.04. The van der Waals surface area contributed by atoms with Crippen LogP contribution >= 0.6 is 0 Å². The van der Waals surface area contributed by atoms with Gasteiger partial charge in [-0.25, -0.2) is 0 Å². The van der Waals surface area contributed by atoms with Crippen LogP contribution in [0.4, 0.5) is 0 Å². The monoisotopic (exact) mass is 236 g/mol. The van der Waals surface area contributed by atoms with Crippen LogP contribution in [0.2, 0.25) is 0 Å². The Morgan fingerprint density at radius 3 is 2.39 bits per heavy atom. The zero-order chi connectivity index (χ0) is 12.8. The summed E-state index contributed by atoms with van der Waals surface area (Å²) in [5, 5.41) is 0. The smallest absolute Gasteiger partial charge is 0.167 e. The number of carbonyl (C=O) groups excluding carboxylic acids is 1. The fraction of sp³-hybridized carbons (Fsp3) is 0.118. The molecule has 0 amide bonds. The minimum absolute atomic E-state index is 0.160. The number of allylic oxidation sites excluding steroid dienone is 1. The molecular weight excluding hydrogens is 220 g/mol. The van der Waals surface area contributed by atoms with Crippen LogP contribution in [-0.2, 0) is 6.42 Å². The van der Waals surface area contributed by atoms with Crippen molar-refractivity contribution in [2.45, 2.75) is 13.3 Å². The van der Waals surface area contributed by atoms with E-state index >= 15 is 0 Å². The van der Waals surface area contributed by atoms with E-state index in [0.29, 0.717) is 6.42 Å². The van der Waals surface area contributed by atoms with Gasteiger partial charge in [0.1, 0.15) is 0 Å². The van der Waals surface area contributed by atoms with Gasteiger partial charge in [-0.1, -0.05) is 66.7 Å². The van der Waals surface area contributed by atoms with Crippen LogP contribution in [-0.4, -0.2) is 5.78 Å². The molecule has 0 bridgehead atoms. The molecule has 2 aromatic carbocycles. The lowest BCUT2D eigenvalue weighted by molar-refractivity contribution is 0.0993. The zero-order valence-electron chi connectivity index (χ0n) is 10.5. The Morgan fingerprint density at radius 1 is 1.00 bits per heavy atom. The predicted molar refractivity (Wildman–Crippen MR) is 75.6 cm³/mol. The van der Waals surface area contributed by atoms with Gasteiger partial charge >= 0.3 is 0 Å². The number of hydrogen-bond donors (Lipinski definition) is 0. The molecule has 0 N–H and O–H groups in total. The van der Waals surface area contributed by atoms with E-state index < -0.39 is 0 Å². The molecule has 0 aromatic heterocycles. The number of hydrogen-bond acceptors (Lipinski definition) is 1. The second-order valence-electron chi connectivity index (χ2n) is 4.16. The number of Topliss-reactive ketones (excluding diaryl/α,β-unsaturated/α-hetero) is 1. The van der Waals surface area contributed by atoms with Crippen LogP contribution in [0, 0.1) is 0 Å². The number of carbonyl (C=O) groups is 1. The average molecular weight is 236 g/mol. The summed E-state index contributed by atoms with van der Waals surface area (Å²) in [5.74, 6) is 0.160. The minimum Gasteiger partial charge on any atom is -0.294 e. The maximum Gasteiger partial charge on any atom is 0.167 e. The van der Waals surface area contributed by atoms with Crippen LogP contribution in [0.25, 0.3) is 6.08 Å². The molecule has 18 heavy (non-hydrogen) atoms. The summed E-state index contributed by atoms with van der Waals surface area (Å²) in [4.78, 5) is 12.1. The molecule has 0 aliphatic carbocycles. The van der Waals surface area contributed by atoms with Gasteiger partial charge in [0.15, 0.2) is 5.78 Å². The fourth-order valence-corrected chi connectivity index (χ4v) is 1.94. The van der Waals surface area contributed by atoms with Crippen LogP contribution in [0.1, 0.15) is 28.4 Å². The first kappa shape index (κ1) is 12.3. The summed E-state index contributed by atoms with van der Waals surface area (Å²) in [7, 11) is 0. The summed E-state index contributed by atoms with van der Waals surface area (Å²) in [6.45, 7) is 1.98. The molecule has 0 saturated heterocycles. The molecule has 0 fully saturated rings. The summed E-state index contributed by atoms with van der Waals surface area (Å²) in [6, 6.07) is 17.4. The van der Waals surface area contributed by atoms with E-state index in [1.165, 1.54) is 0 Å². The third-order valence-corrected chi connectivity index (χ3v) is 2.85. The second kappa shape index (κ2) is 5.97. The Morgan fingerprint density at radius 2 is 1.67 bits per heavy atom. The summed E-state index contributed by atoms with van der Waals surface area (Å²) in [6.07, 6.45) is 4.48. The van der Waals surface area contributed by atoms with Crippen LogP contribution in [0.15, 0.2) is 60.7 Å². The molecule has 0 aliphatic heterocycles. The third-order valence-electron chi connectivity index (χ3n) is 2.85. The highest BCUT2D eigenvalue weighted by Gasteiger charge is 2.08. The Hall–Kier alpha value is -2.15. The van der Waals surface area contributed by atoms with Crippen molar-refractivity contribution in [3.8, 4) is 0 Å². The van der Waals surface area contributed by atoms with Crippen molar-refractivity contribution in [1.82, 2.24) is 0 Å². The molecule has 0 saturated carbocycles. The number of benzene rings is 2. The molecule has 2 aromatic rings. The van der Waals surface area contributed by atoms with E-state index in [1.54, 1.807) is 0 Å².